The average molecular weight is 521 g/mol. The van der Waals surface area contributed by atoms with E-state index in [2.05, 4.69) is 15.1 Å². The van der Waals surface area contributed by atoms with Crippen molar-refractivity contribution >= 4 is 35.2 Å². The van der Waals surface area contributed by atoms with Crippen LogP contribution in [0.3, 0.4) is 0 Å². The predicted octanol–water partition coefficient (Wildman–Crippen LogP) is 4.23. The molecule has 1 amide bonds. The molecule has 6 rings (SSSR count). The van der Waals surface area contributed by atoms with Crippen LogP contribution >= 0.6 is 0 Å². The fourth-order valence-electron chi connectivity index (χ4n) is 4.87. The Morgan fingerprint density at radius 3 is 2.74 bits per heavy atom. The van der Waals surface area contributed by atoms with Crippen LogP contribution in [0.5, 0.6) is 0 Å². The molecular formula is C27H23F3N6O2. The Labute approximate surface area is 216 Å². The Kier molecular flexibility index (Phi) is 6.28. The molecule has 2 fully saturated rings. The number of hydrogen-bond donors (Lipinski definition) is 0. The lowest BCUT2D eigenvalue weighted by molar-refractivity contribution is -0.125. The summed E-state index contributed by atoms with van der Waals surface area (Å²) in [5.41, 5.74) is 2.71. The van der Waals surface area contributed by atoms with Gasteiger partial charge >= 0.3 is 0 Å². The maximum atomic E-state index is 14.5. The second kappa shape index (κ2) is 9.90. The highest BCUT2D eigenvalue weighted by molar-refractivity contribution is 5.94. The first-order chi connectivity index (χ1) is 18.5. The van der Waals surface area contributed by atoms with E-state index in [4.69, 9.17) is 4.74 Å². The number of morpholine rings is 1. The molecule has 3 aromatic heterocycles. The van der Waals surface area contributed by atoms with Crippen molar-refractivity contribution in [3.05, 3.63) is 83.4 Å². The number of anilines is 2. The number of nitrogens with zero attached hydrogens (tertiary/aromatic N) is 6. The third-order valence-electron chi connectivity index (χ3n) is 6.73. The van der Waals surface area contributed by atoms with Crippen LogP contribution in [-0.2, 0) is 9.53 Å². The molecule has 2 aliphatic heterocycles. The molecule has 0 spiro atoms. The summed E-state index contributed by atoms with van der Waals surface area (Å²) in [6, 6.07) is 9.61. The molecule has 2 aliphatic rings. The number of halogens is 3. The number of pyridine rings is 1. The summed E-state index contributed by atoms with van der Waals surface area (Å²) in [7, 11) is 0. The van der Waals surface area contributed by atoms with Crippen LogP contribution in [0.25, 0.3) is 17.8 Å². The number of fused-ring (bicyclic) bond motifs is 1. The normalized spacial score (nSPS) is 20.2. The Bertz CT molecular complexity index is 1520. The van der Waals surface area contributed by atoms with Crippen molar-refractivity contribution in [3.8, 4) is 0 Å². The number of alkyl halides is 1. The van der Waals surface area contributed by atoms with E-state index in [-0.39, 0.29) is 31.0 Å². The number of imidazole rings is 1. The van der Waals surface area contributed by atoms with Gasteiger partial charge in [0.25, 0.3) is 5.91 Å². The van der Waals surface area contributed by atoms with Crippen LogP contribution in [-0.4, -0.2) is 58.0 Å². The summed E-state index contributed by atoms with van der Waals surface area (Å²) < 4.78 is 49.7. The quantitative estimate of drug-likeness (QED) is 0.392. The maximum Gasteiger partial charge on any atom is 0.253 e. The van der Waals surface area contributed by atoms with Gasteiger partial charge in [-0.25, -0.2) is 22.7 Å². The highest BCUT2D eigenvalue weighted by Crippen LogP contribution is 2.38. The van der Waals surface area contributed by atoms with Gasteiger partial charge in [0.2, 0.25) is 0 Å². The average Bonchev–Trinajstić information content (AvgIpc) is 3.52. The number of hydrogen-bond acceptors (Lipinski definition) is 6. The SMILES string of the molecule is O=C1COCCN1c1ccc(/C=C/c2cnc3ccc(N4C[C@@H](F)C[C@@H]4c4cc(F)ccc4F)nn23)nc1. The molecule has 0 bridgehead atoms. The first-order valence-corrected chi connectivity index (χ1v) is 12.2. The van der Waals surface area contributed by atoms with Gasteiger partial charge in [-0.3, -0.25) is 9.78 Å². The lowest BCUT2D eigenvalue weighted by atomic mass is 10.0. The van der Waals surface area contributed by atoms with Gasteiger partial charge in [-0.1, -0.05) is 0 Å². The van der Waals surface area contributed by atoms with E-state index < -0.39 is 23.8 Å². The van der Waals surface area contributed by atoms with Gasteiger partial charge in [0, 0.05) is 18.5 Å². The number of benzene rings is 1. The van der Waals surface area contributed by atoms with Crippen molar-refractivity contribution in [3.63, 3.8) is 0 Å². The molecule has 2 saturated heterocycles. The molecule has 0 radical (unpaired) electrons. The molecule has 0 N–H and O–H groups in total. The number of aromatic nitrogens is 4. The molecular weight excluding hydrogens is 497 g/mol. The fourth-order valence-corrected chi connectivity index (χ4v) is 4.87. The van der Waals surface area contributed by atoms with Gasteiger partial charge in [0.05, 0.1) is 48.7 Å². The van der Waals surface area contributed by atoms with Crippen molar-refractivity contribution in [1.29, 1.82) is 0 Å². The van der Waals surface area contributed by atoms with E-state index in [0.717, 1.165) is 18.2 Å². The second-order valence-corrected chi connectivity index (χ2v) is 9.18. The zero-order chi connectivity index (χ0) is 26.2. The molecule has 2 atom stereocenters. The smallest absolute Gasteiger partial charge is 0.253 e. The van der Waals surface area contributed by atoms with Crippen LogP contribution in [0.1, 0.15) is 29.4 Å². The number of rotatable bonds is 5. The Hall–Kier alpha value is -4.25. The van der Waals surface area contributed by atoms with Crippen LogP contribution in [0.4, 0.5) is 24.7 Å². The molecule has 1 aromatic carbocycles. The number of amides is 1. The molecule has 194 valence electrons. The van der Waals surface area contributed by atoms with Gasteiger partial charge < -0.3 is 14.5 Å². The van der Waals surface area contributed by atoms with Crippen LogP contribution in [0.15, 0.2) is 54.9 Å². The summed E-state index contributed by atoms with van der Waals surface area (Å²) in [6.07, 6.45) is 5.71. The van der Waals surface area contributed by atoms with E-state index in [1.807, 2.05) is 6.07 Å². The third kappa shape index (κ3) is 4.60. The highest BCUT2D eigenvalue weighted by atomic mass is 19.1. The van der Waals surface area contributed by atoms with E-state index in [9.17, 15) is 18.0 Å². The summed E-state index contributed by atoms with van der Waals surface area (Å²) in [6.45, 7) is 1.05. The number of carbonyl (C=O) groups is 1. The molecule has 38 heavy (non-hydrogen) atoms. The molecule has 0 unspecified atom stereocenters. The van der Waals surface area contributed by atoms with Crippen LogP contribution < -0.4 is 9.80 Å². The second-order valence-electron chi connectivity index (χ2n) is 9.18. The minimum absolute atomic E-state index is 0.0148. The summed E-state index contributed by atoms with van der Waals surface area (Å²) in [5.74, 6) is -0.836. The Morgan fingerprint density at radius 2 is 1.92 bits per heavy atom. The first kappa shape index (κ1) is 24.1. The number of ether oxygens (including phenoxy) is 1. The molecule has 11 heteroatoms. The fraction of sp³-hybridized carbons (Fsp3) is 0.259. The molecule has 0 aliphatic carbocycles. The monoisotopic (exact) mass is 520 g/mol. The maximum absolute atomic E-state index is 14.5. The molecule has 8 nitrogen and oxygen atoms in total. The highest BCUT2D eigenvalue weighted by Gasteiger charge is 2.36. The molecule has 0 saturated carbocycles. The van der Waals surface area contributed by atoms with Gasteiger partial charge in [0.15, 0.2) is 5.65 Å². The Morgan fingerprint density at radius 1 is 1.03 bits per heavy atom. The number of carbonyl (C=O) groups excluding carboxylic acids is 1. The van der Waals surface area contributed by atoms with Crippen molar-refractivity contribution in [1.82, 2.24) is 19.6 Å². The van der Waals surface area contributed by atoms with Crippen molar-refractivity contribution < 1.29 is 22.7 Å². The zero-order valence-corrected chi connectivity index (χ0v) is 20.2. The largest absolute Gasteiger partial charge is 0.370 e. The van der Waals surface area contributed by atoms with Crippen molar-refractivity contribution in [2.45, 2.75) is 18.6 Å². The van der Waals surface area contributed by atoms with Crippen molar-refractivity contribution in [2.24, 2.45) is 0 Å². The summed E-state index contributed by atoms with van der Waals surface area (Å²) in [5, 5.41) is 4.64. The predicted molar refractivity (Wildman–Crippen MR) is 135 cm³/mol. The Balaban J connectivity index is 1.26. The van der Waals surface area contributed by atoms with E-state index in [1.165, 1.54) is 0 Å². The lowest BCUT2D eigenvalue weighted by Crippen LogP contribution is -2.41. The van der Waals surface area contributed by atoms with Crippen LogP contribution in [0.2, 0.25) is 0 Å². The van der Waals surface area contributed by atoms with E-state index >= 15 is 0 Å². The minimum Gasteiger partial charge on any atom is -0.370 e. The van der Waals surface area contributed by atoms with E-state index in [0.29, 0.717) is 41.7 Å². The van der Waals surface area contributed by atoms with Gasteiger partial charge in [0.1, 0.15) is 30.2 Å². The summed E-state index contributed by atoms with van der Waals surface area (Å²) >= 11 is 0. The summed E-state index contributed by atoms with van der Waals surface area (Å²) in [4.78, 5) is 24.1. The van der Waals surface area contributed by atoms with Crippen molar-refractivity contribution in [2.75, 3.05) is 36.1 Å². The standard InChI is InChI=1S/C27H23F3N6O2/c28-17-1-6-23(30)22(11-17)24-12-18(29)15-35(24)26-8-7-25-32-14-21(36(25)33-26)5-3-19-2-4-20(13-31-19)34-9-10-38-16-27(34)37/h1-8,11,13-14,18,24H,9-10,12,15-16H2/b5-3+/t18-,24+/m0/s1. The topological polar surface area (TPSA) is 75.9 Å². The molecule has 5 heterocycles. The first-order valence-electron chi connectivity index (χ1n) is 12.2. The molecule has 4 aromatic rings. The van der Waals surface area contributed by atoms with Gasteiger partial charge in [-0.05, 0) is 54.6 Å². The van der Waals surface area contributed by atoms with Gasteiger partial charge in [-0.15, -0.1) is 5.10 Å². The van der Waals surface area contributed by atoms with Gasteiger partial charge in [-0.2, -0.15) is 0 Å². The third-order valence-corrected chi connectivity index (χ3v) is 6.73. The lowest BCUT2D eigenvalue weighted by Gasteiger charge is -2.26. The van der Waals surface area contributed by atoms with Crippen LogP contribution in [0, 0.1) is 11.6 Å². The zero-order valence-electron chi connectivity index (χ0n) is 20.2. The minimum atomic E-state index is -1.20. The van der Waals surface area contributed by atoms with E-state index in [1.54, 1.807) is 57.1 Å².